The Morgan fingerprint density at radius 3 is 2.54 bits per heavy atom. The van der Waals surface area contributed by atoms with E-state index >= 15 is 0 Å². The third kappa shape index (κ3) is 6.66. The van der Waals surface area contributed by atoms with Gasteiger partial charge in [0, 0.05) is 24.8 Å². The zero-order chi connectivity index (χ0) is 20.5. The van der Waals surface area contributed by atoms with Crippen LogP contribution in [0.2, 0.25) is 0 Å². The number of carbonyl (C=O) groups is 2. The highest BCUT2D eigenvalue weighted by Gasteiger charge is 2.16. The van der Waals surface area contributed by atoms with Crippen molar-refractivity contribution < 1.29 is 18.7 Å². The molecule has 0 unspecified atom stereocenters. The molecule has 0 aliphatic carbocycles. The highest BCUT2D eigenvalue weighted by atomic mass is 19.1. The van der Waals surface area contributed by atoms with Crippen molar-refractivity contribution in [2.75, 3.05) is 39.1 Å². The Hall–Kier alpha value is -2.93. The minimum absolute atomic E-state index is 0.0699. The number of nitrogens with zero attached hydrogens (tertiary/aromatic N) is 2. The van der Waals surface area contributed by atoms with Gasteiger partial charge in [-0.2, -0.15) is 0 Å². The first-order valence-corrected chi connectivity index (χ1v) is 9.06. The van der Waals surface area contributed by atoms with Crippen molar-refractivity contribution in [2.45, 2.75) is 13.5 Å². The van der Waals surface area contributed by atoms with Crippen LogP contribution < -0.4 is 10.1 Å². The molecule has 2 aromatic rings. The molecule has 0 aromatic heterocycles. The summed E-state index contributed by atoms with van der Waals surface area (Å²) in [6, 6.07) is 13.3. The molecule has 1 N–H and O–H groups in total. The van der Waals surface area contributed by atoms with Crippen LogP contribution >= 0.6 is 0 Å². The quantitative estimate of drug-likeness (QED) is 0.719. The number of amides is 2. The first kappa shape index (κ1) is 21.4. The average molecular weight is 387 g/mol. The third-order valence-electron chi connectivity index (χ3n) is 4.17. The topological polar surface area (TPSA) is 61.9 Å². The number of likely N-dealkylation sites (N-methyl/N-ethyl adjacent to an activating group) is 2. The second-order valence-electron chi connectivity index (χ2n) is 6.49. The number of hydrogen-bond donors (Lipinski definition) is 1. The Labute approximate surface area is 164 Å². The van der Waals surface area contributed by atoms with E-state index in [2.05, 4.69) is 5.32 Å². The lowest BCUT2D eigenvalue weighted by Gasteiger charge is -2.24. The summed E-state index contributed by atoms with van der Waals surface area (Å²) in [5.74, 6) is -0.0234. The molecule has 2 rings (SSSR count). The van der Waals surface area contributed by atoms with E-state index in [0.717, 1.165) is 5.56 Å². The first-order valence-electron chi connectivity index (χ1n) is 9.06. The molecule has 0 aliphatic rings. The number of ether oxygens (including phenoxy) is 1. The van der Waals surface area contributed by atoms with Crippen LogP contribution in [0.3, 0.4) is 0 Å². The molecular weight excluding hydrogens is 361 g/mol. The van der Waals surface area contributed by atoms with Gasteiger partial charge in [-0.1, -0.05) is 18.2 Å². The van der Waals surface area contributed by atoms with Crippen LogP contribution in [-0.2, 0) is 16.1 Å². The average Bonchev–Trinajstić information content (AvgIpc) is 2.65. The van der Waals surface area contributed by atoms with Gasteiger partial charge in [0.2, 0.25) is 11.8 Å². The van der Waals surface area contributed by atoms with E-state index in [1.807, 2.05) is 6.92 Å². The predicted octanol–water partition coefficient (Wildman–Crippen LogP) is 2.75. The second-order valence-corrected chi connectivity index (χ2v) is 6.49. The molecule has 0 bridgehead atoms. The maximum Gasteiger partial charge on any atom is 0.238 e. The number of nitrogens with one attached hydrogen (secondary N) is 1. The first-order chi connectivity index (χ1) is 13.4. The van der Waals surface area contributed by atoms with Gasteiger partial charge in [0.1, 0.15) is 11.6 Å². The summed E-state index contributed by atoms with van der Waals surface area (Å²) in [6.45, 7) is 2.86. The van der Waals surface area contributed by atoms with Crippen LogP contribution in [0.15, 0.2) is 48.5 Å². The SMILES string of the molecule is CCN(Cc1cccc(F)c1)C(=O)CN(C)CC(=O)Nc1cccc(OC)c1. The Morgan fingerprint density at radius 2 is 1.86 bits per heavy atom. The van der Waals surface area contributed by atoms with Crippen molar-refractivity contribution in [1.82, 2.24) is 9.80 Å². The van der Waals surface area contributed by atoms with E-state index in [1.165, 1.54) is 12.1 Å². The Bertz CT molecular complexity index is 813. The fourth-order valence-electron chi connectivity index (χ4n) is 2.77. The van der Waals surface area contributed by atoms with Crippen LogP contribution in [-0.4, -0.2) is 55.4 Å². The normalized spacial score (nSPS) is 10.6. The van der Waals surface area contributed by atoms with Crippen molar-refractivity contribution >= 4 is 17.5 Å². The number of rotatable bonds is 9. The molecule has 0 fully saturated rings. The lowest BCUT2D eigenvalue weighted by atomic mass is 10.2. The van der Waals surface area contributed by atoms with E-state index < -0.39 is 0 Å². The van der Waals surface area contributed by atoms with Gasteiger partial charge in [-0.3, -0.25) is 14.5 Å². The molecule has 150 valence electrons. The molecule has 0 atom stereocenters. The van der Waals surface area contributed by atoms with Gasteiger partial charge in [-0.15, -0.1) is 0 Å². The summed E-state index contributed by atoms with van der Waals surface area (Å²) in [5.41, 5.74) is 1.36. The summed E-state index contributed by atoms with van der Waals surface area (Å²) in [6.07, 6.45) is 0. The highest BCUT2D eigenvalue weighted by molar-refractivity contribution is 5.92. The molecule has 28 heavy (non-hydrogen) atoms. The summed E-state index contributed by atoms with van der Waals surface area (Å²) in [5, 5.41) is 2.78. The molecular formula is C21H26FN3O3. The van der Waals surface area contributed by atoms with Gasteiger partial charge in [-0.25, -0.2) is 4.39 Å². The fraction of sp³-hybridized carbons (Fsp3) is 0.333. The minimum atomic E-state index is -0.327. The second kappa shape index (κ2) is 10.4. The van der Waals surface area contributed by atoms with Crippen LogP contribution in [0.5, 0.6) is 5.75 Å². The summed E-state index contributed by atoms with van der Waals surface area (Å²) >= 11 is 0. The van der Waals surface area contributed by atoms with E-state index in [9.17, 15) is 14.0 Å². The van der Waals surface area contributed by atoms with Gasteiger partial charge in [0.15, 0.2) is 0 Å². The molecule has 6 nitrogen and oxygen atoms in total. The van der Waals surface area contributed by atoms with Crippen molar-refractivity contribution in [3.63, 3.8) is 0 Å². The maximum absolute atomic E-state index is 13.3. The van der Waals surface area contributed by atoms with Crippen LogP contribution in [0.1, 0.15) is 12.5 Å². The molecule has 0 radical (unpaired) electrons. The predicted molar refractivity (Wildman–Crippen MR) is 107 cm³/mol. The zero-order valence-corrected chi connectivity index (χ0v) is 16.4. The van der Waals surface area contributed by atoms with E-state index in [-0.39, 0.29) is 30.7 Å². The molecule has 0 aliphatic heterocycles. The largest absolute Gasteiger partial charge is 0.497 e. The van der Waals surface area contributed by atoms with Crippen molar-refractivity contribution in [3.8, 4) is 5.75 Å². The molecule has 0 saturated heterocycles. The lowest BCUT2D eigenvalue weighted by Crippen LogP contribution is -2.41. The van der Waals surface area contributed by atoms with Crippen molar-refractivity contribution in [1.29, 1.82) is 0 Å². The third-order valence-corrected chi connectivity index (χ3v) is 4.17. The highest BCUT2D eigenvalue weighted by Crippen LogP contribution is 2.16. The van der Waals surface area contributed by atoms with Gasteiger partial charge in [-0.05, 0) is 43.8 Å². The maximum atomic E-state index is 13.3. The van der Waals surface area contributed by atoms with Crippen LogP contribution in [0.25, 0.3) is 0 Å². The van der Waals surface area contributed by atoms with Crippen molar-refractivity contribution in [3.05, 3.63) is 59.9 Å². The smallest absolute Gasteiger partial charge is 0.238 e. The molecule has 2 amide bonds. The van der Waals surface area contributed by atoms with Gasteiger partial charge in [0.25, 0.3) is 0 Å². The summed E-state index contributed by atoms with van der Waals surface area (Å²) in [7, 11) is 3.27. The van der Waals surface area contributed by atoms with E-state index in [1.54, 1.807) is 60.4 Å². The standard InChI is InChI=1S/C21H26FN3O3/c1-4-25(13-16-7-5-8-17(22)11-16)21(27)15-24(2)14-20(26)23-18-9-6-10-19(12-18)28-3/h5-12H,4,13-15H2,1-3H3,(H,23,26). The molecule has 7 heteroatoms. The number of anilines is 1. The zero-order valence-electron chi connectivity index (χ0n) is 16.4. The number of halogens is 1. The molecule has 0 saturated carbocycles. The van der Waals surface area contributed by atoms with Crippen LogP contribution in [0, 0.1) is 5.82 Å². The number of hydrogen-bond acceptors (Lipinski definition) is 4. The van der Waals surface area contributed by atoms with Crippen molar-refractivity contribution in [2.24, 2.45) is 0 Å². The number of carbonyl (C=O) groups excluding carboxylic acids is 2. The fourth-order valence-corrected chi connectivity index (χ4v) is 2.77. The number of benzene rings is 2. The van der Waals surface area contributed by atoms with E-state index in [0.29, 0.717) is 24.5 Å². The molecule has 0 spiro atoms. The molecule has 2 aromatic carbocycles. The monoisotopic (exact) mass is 387 g/mol. The Balaban J connectivity index is 1.86. The molecule has 0 heterocycles. The van der Waals surface area contributed by atoms with Gasteiger partial charge < -0.3 is 15.0 Å². The van der Waals surface area contributed by atoms with Crippen LogP contribution in [0.4, 0.5) is 10.1 Å². The number of methoxy groups -OCH3 is 1. The summed E-state index contributed by atoms with van der Waals surface area (Å²) < 4.78 is 18.5. The van der Waals surface area contributed by atoms with E-state index in [4.69, 9.17) is 4.74 Å². The van der Waals surface area contributed by atoms with Gasteiger partial charge in [0.05, 0.1) is 20.2 Å². The lowest BCUT2D eigenvalue weighted by molar-refractivity contribution is -0.132. The van der Waals surface area contributed by atoms with Gasteiger partial charge >= 0.3 is 0 Å². The Morgan fingerprint density at radius 1 is 1.11 bits per heavy atom. The Kier molecular flexibility index (Phi) is 7.95. The minimum Gasteiger partial charge on any atom is -0.497 e. The summed E-state index contributed by atoms with van der Waals surface area (Å²) in [4.78, 5) is 28.0.